The second kappa shape index (κ2) is 12.9. The van der Waals surface area contributed by atoms with E-state index >= 15 is 0 Å². The summed E-state index contributed by atoms with van der Waals surface area (Å²) in [5.74, 6) is -0.980. The summed E-state index contributed by atoms with van der Waals surface area (Å²) in [5.41, 5.74) is 12.9. The van der Waals surface area contributed by atoms with E-state index in [1.807, 2.05) is 20.1 Å². The molecule has 1 amide bonds. The van der Waals surface area contributed by atoms with Gasteiger partial charge in [-0.15, -0.1) is 0 Å². The minimum absolute atomic E-state index is 0.0661. The molecule has 0 aromatic rings. The van der Waals surface area contributed by atoms with Crippen LogP contribution >= 0.6 is 0 Å². The van der Waals surface area contributed by atoms with Crippen LogP contribution in [0.3, 0.4) is 0 Å². The molecule has 0 radical (unpaired) electrons. The van der Waals surface area contributed by atoms with Gasteiger partial charge >= 0.3 is 0 Å². The van der Waals surface area contributed by atoms with Crippen molar-refractivity contribution < 1.29 is 9.18 Å². The average Bonchev–Trinajstić information content (AvgIpc) is 2.73. The van der Waals surface area contributed by atoms with Crippen LogP contribution in [0.5, 0.6) is 0 Å². The third-order valence-corrected chi connectivity index (χ3v) is 5.89. The Balaban J connectivity index is 2.10. The van der Waals surface area contributed by atoms with Gasteiger partial charge in [0.15, 0.2) is 0 Å². The summed E-state index contributed by atoms with van der Waals surface area (Å²) in [4.78, 5) is 17.5. The molecule has 1 saturated heterocycles. The number of amides is 1. The Morgan fingerprint density at radius 2 is 2.20 bits per heavy atom. The molecule has 0 bridgehead atoms. The molecular weight excluding hydrogens is 383 g/mol. The molecule has 0 saturated carbocycles. The van der Waals surface area contributed by atoms with Gasteiger partial charge in [0, 0.05) is 42.7 Å². The first-order chi connectivity index (χ1) is 14.5. The summed E-state index contributed by atoms with van der Waals surface area (Å²) < 4.78 is 13.9. The van der Waals surface area contributed by atoms with Crippen LogP contribution in [-0.4, -0.2) is 43.5 Å². The summed E-state index contributed by atoms with van der Waals surface area (Å²) in [6, 6.07) is 0.00449. The SMILES string of the molecule is CC/C=C(/F)CNC(CCC)C(C(=O)NC1=CN=CCC1C1CCCCN1)C(N)N. The smallest absolute Gasteiger partial charge is 0.231 e. The van der Waals surface area contributed by atoms with Crippen molar-refractivity contribution in [3.05, 3.63) is 23.8 Å². The van der Waals surface area contributed by atoms with E-state index in [0.717, 1.165) is 31.5 Å². The van der Waals surface area contributed by atoms with Crippen molar-refractivity contribution in [2.24, 2.45) is 28.3 Å². The number of carbonyl (C=O) groups is 1. The number of carbonyl (C=O) groups excluding carboxylic acids is 1. The van der Waals surface area contributed by atoms with Gasteiger partial charge in [0.1, 0.15) is 5.83 Å². The number of nitrogens with zero attached hydrogens (tertiary/aromatic N) is 1. The molecule has 4 unspecified atom stereocenters. The van der Waals surface area contributed by atoms with Crippen molar-refractivity contribution in [1.82, 2.24) is 16.0 Å². The maximum Gasteiger partial charge on any atom is 0.231 e. The minimum atomic E-state index is -0.855. The zero-order valence-electron chi connectivity index (χ0n) is 18.4. The van der Waals surface area contributed by atoms with Crippen molar-refractivity contribution in [3.8, 4) is 0 Å². The Morgan fingerprint density at radius 3 is 2.83 bits per heavy atom. The predicted octanol–water partition coefficient (Wildman–Crippen LogP) is 2.06. The van der Waals surface area contributed by atoms with Gasteiger partial charge in [0.25, 0.3) is 0 Å². The predicted molar refractivity (Wildman–Crippen MR) is 120 cm³/mol. The number of allylic oxidation sites excluding steroid dienone is 1. The standard InChI is InChI=1S/C22H39FN6O/c1-3-7-15(23)13-28-18(8-4-2)20(21(24)25)22(30)29-19-14-26-12-10-16(19)17-9-5-6-11-27-17/h7,12,14,16-18,20-21,27-28H,3-6,8-11,13,24-25H2,1-2H3,(H,29,30)/b15-7+. The molecule has 2 heterocycles. The van der Waals surface area contributed by atoms with Crippen molar-refractivity contribution in [2.45, 2.75) is 77.0 Å². The van der Waals surface area contributed by atoms with Crippen molar-refractivity contribution in [1.29, 1.82) is 0 Å². The van der Waals surface area contributed by atoms with Gasteiger partial charge in [-0.25, -0.2) is 4.39 Å². The Hall–Kier alpha value is -1.61. The lowest BCUT2D eigenvalue weighted by atomic mass is 9.86. The molecule has 0 aliphatic carbocycles. The molecule has 7 N–H and O–H groups in total. The quantitative estimate of drug-likeness (QED) is 0.327. The molecule has 2 aliphatic heterocycles. The zero-order valence-corrected chi connectivity index (χ0v) is 18.4. The van der Waals surface area contributed by atoms with Crippen molar-refractivity contribution in [3.63, 3.8) is 0 Å². The van der Waals surface area contributed by atoms with E-state index in [-0.39, 0.29) is 30.2 Å². The first-order valence-electron chi connectivity index (χ1n) is 11.3. The number of hydrogen-bond acceptors (Lipinski definition) is 6. The monoisotopic (exact) mass is 422 g/mol. The van der Waals surface area contributed by atoms with Crippen molar-refractivity contribution >= 4 is 12.1 Å². The highest BCUT2D eigenvalue weighted by Gasteiger charge is 2.34. The lowest BCUT2D eigenvalue weighted by Crippen LogP contribution is -2.57. The number of nitrogens with one attached hydrogen (secondary N) is 3. The normalized spacial score (nSPS) is 24.5. The van der Waals surface area contributed by atoms with E-state index in [0.29, 0.717) is 18.9 Å². The Kier molecular flexibility index (Phi) is 10.6. The molecule has 4 atom stereocenters. The lowest BCUT2D eigenvalue weighted by molar-refractivity contribution is -0.126. The fourth-order valence-corrected chi connectivity index (χ4v) is 4.35. The van der Waals surface area contributed by atoms with E-state index in [4.69, 9.17) is 11.5 Å². The highest BCUT2D eigenvalue weighted by Crippen LogP contribution is 2.26. The van der Waals surface area contributed by atoms with E-state index in [2.05, 4.69) is 20.9 Å². The average molecular weight is 423 g/mol. The number of rotatable bonds is 11. The van der Waals surface area contributed by atoms with Gasteiger partial charge in [-0.1, -0.05) is 32.8 Å². The van der Waals surface area contributed by atoms with Gasteiger partial charge in [-0.05, 0) is 38.6 Å². The number of aliphatic imine (C=N–C) groups is 1. The van der Waals surface area contributed by atoms with Gasteiger partial charge < -0.3 is 27.4 Å². The second-order valence-electron chi connectivity index (χ2n) is 8.24. The molecule has 30 heavy (non-hydrogen) atoms. The Labute approximate surface area is 180 Å². The number of halogens is 1. The van der Waals surface area contributed by atoms with Gasteiger partial charge in [-0.2, -0.15) is 0 Å². The second-order valence-corrected chi connectivity index (χ2v) is 8.24. The molecule has 2 aliphatic rings. The number of nitrogens with two attached hydrogens (primary N) is 2. The molecule has 7 nitrogen and oxygen atoms in total. The summed E-state index contributed by atoms with van der Waals surface area (Å²) in [5, 5.41) is 9.78. The van der Waals surface area contributed by atoms with Gasteiger partial charge in [0.05, 0.1) is 12.1 Å². The third-order valence-electron chi connectivity index (χ3n) is 5.89. The topological polar surface area (TPSA) is 118 Å². The van der Waals surface area contributed by atoms with Crippen LogP contribution < -0.4 is 27.4 Å². The summed E-state index contributed by atoms with van der Waals surface area (Å²) in [6.45, 7) is 4.96. The minimum Gasteiger partial charge on any atom is -0.328 e. The zero-order chi connectivity index (χ0) is 21.9. The maximum atomic E-state index is 13.9. The summed E-state index contributed by atoms with van der Waals surface area (Å²) in [7, 11) is 0. The fourth-order valence-electron chi connectivity index (χ4n) is 4.35. The number of hydrogen-bond donors (Lipinski definition) is 5. The van der Waals surface area contributed by atoms with Crippen LogP contribution in [0.25, 0.3) is 0 Å². The first-order valence-corrected chi connectivity index (χ1v) is 11.3. The largest absolute Gasteiger partial charge is 0.328 e. The van der Waals surface area contributed by atoms with Crippen LogP contribution in [0, 0.1) is 11.8 Å². The Morgan fingerprint density at radius 1 is 1.40 bits per heavy atom. The molecule has 0 aromatic carbocycles. The van der Waals surface area contributed by atoms with Crippen LogP contribution in [0.4, 0.5) is 4.39 Å². The molecule has 170 valence electrons. The molecule has 0 aromatic heterocycles. The van der Waals surface area contributed by atoms with Gasteiger partial charge in [0.2, 0.25) is 5.91 Å². The highest BCUT2D eigenvalue weighted by molar-refractivity contribution is 5.82. The van der Waals surface area contributed by atoms with Crippen molar-refractivity contribution in [2.75, 3.05) is 13.1 Å². The van der Waals surface area contributed by atoms with E-state index in [1.54, 1.807) is 6.20 Å². The fraction of sp³-hybridized carbons (Fsp3) is 0.727. The maximum absolute atomic E-state index is 13.9. The van der Waals surface area contributed by atoms with E-state index < -0.39 is 12.1 Å². The lowest BCUT2D eigenvalue weighted by Gasteiger charge is -2.35. The molecule has 0 spiro atoms. The molecular formula is C22H39FN6O. The molecule has 8 heteroatoms. The van der Waals surface area contributed by atoms with Gasteiger partial charge in [-0.3, -0.25) is 9.79 Å². The van der Waals surface area contributed by atoms with Crippen LogP contribution in [-0.2, 0) is 4.79 Å². The summed E-state index contributed by atoms with van der Waals surface area (Å²) >= 11 is 0. The third kappa shape index (κ3) is 7.27. The van der Waals surface area contributed by atoms with E-state index in [9.17, 15) is 9.18 Å². The first kappa shape index (κ1) is 24.7. The van der Waals surface area contributed by atoms with Crippen LogP contribution in [0.2, 0.25) is 0 Å². The summed E-state index contributed by atoms with van der Waals surface area (Å²) in [6.07, 6.45) is 10.6. The van der Waals surface area contributed by atoms with Crippen LogP contribution in [0.15, 0.2) is 28.8 Å². The molecule has 2 rings (SSSR count). The van der Waals surface area contributed by atoms with E-state index in [1.165, 1.54) is 18.9 Å². The Bertz CT molecular complexity index is 627. The van der Waals surface area contributed by atoms with Crippen LogP contribution in [0.1, 0.15) is 58.8 Å². The highest BCUT2D eigenvalue weighted by atomic mass is 19.1. The molecule has 1 fully saturated rings. The number of piperidine rings is 1.